The zero-order valence-corrected chi connectivity index (χ0v) is 11.2. The number of pyridine rings is 1. The Balaban J connectivity index is 1.98. The number of aromatic amines is 1. The molecule has 0 amide bonds. The maximum Gasteiger partial charge on any atom is 0.138 e. The fourth-order valence-corrected chi connectivity index (χ4v) is 2.48. The number of halogens is 1. The van der Waals surface area contributed by atoms with Crippen molar-refractivity contribution in [1.29, 1.82) is 0 Å². The Kier molecular flexibility index (Phi) is 2.47. The second kappa shape index (κ2) is 4.32. The minimum atomic E-state index is 0.719. The molecule has 0 aliphatic heterocycles. The van der Waals surface area contributed by atoms with E-state index in [4.69, 9.17) is 16.6 Å². The fraction of sp³-hybridized carbons (Fsp3) is 0. The molecule has 0 aliphatic rings. The Morgan fingerprint density at radius 1 is 0.950 bits per heavy atom. The van der Waals surface area contributed by atoms with E-state index in [2.05, 4.69) is 9.97 Å². The van der Waals surface area contributed by atoms with Crippen LogP contribution in [0, 0.1) is 0 Å². The van der Waals surface area contributed by atoms with Gasteiger partial charge < -0.3 is 4.98 Å². The summed E-state index contributed by atoms with van der Waals surface area (Å²) < 4.78 is 0. The Hall–Kier alpha value is -2.39. The summed E-state index contributed by atoms with van der Waals surface area (Å²) in [5.74, 6) is 0.829. The molecule has 0 spiro atoms. The summed E-state index contributed by atoms with van der Waals surface area (Å²) in [6, 6.07) is 15.6. The van der Waals surface area contributed by atoms with E-state index in [-0.39, 0.29) is 0 Å². The van der Waals surface area contributed by atoms with Crippen LogP contribution in [0.25, 0.3) is 33.3 Å². The maximum absolute atomic E-state index is 5.92. The van der Waals surface area contributed by atoms with Crippen molar-refractivity contribution in [2.75, 3.05) is 0 Å². The average molecular weight is 280 g/mol. The maximum atomic E-state index is 5.92. The Morgan fingerprint density at radius 3 is 2.60 bits per heavy atom. The lowest BCUT2D eigenvalue weighted by molar-refractivity contribution is 1.33. The largest absolute Gasteiger partial charge is 0.337 e. The van der Waals surface area contributed by atoms with Crippen LogP contribution in [0.4, 0.5) is 0 Å². The van der Waals surface area contributed by atoms with Crippen LogP contribution in [-0.2, 0) is 0 Å². The fourth-order valence-electron chi connectivity index (χ4n) is 2.35. The lowest BCUT2D eigenvalue weighted by Crippen LogP contribution is -1.79. The second-order valence-corrected chi connectivity index (χ2v) is 5.07. The molecule has 4 aromatic rings. The highest BCUT2D eigenvalue weighted by Crippen LogP contribution is 2.26. The molecular weight excluding hydrogens is 270 g/mol. The zero-order chi connectivity index (χ0) is 13.5. The van der Waals surface area contributed by atoms with E-state index >= 15 is 0 Å². The minimum Gasteiger partial charge on any atom is -0.337 e. The highest BCUT2D eigenvalue weighted by Gasteiger charge is 2.08. The monoisotopic (exact) mass is 279 g/mol. The number of H-pyrrole nitrogens is 1. The quantitative estimate of drug-likeness (QED) is 0.560. The van der Waals surface area contributed by atoms with Crippen LogP contribution >= 0.6 is 11.6 Å². The molecule has 0 atom stereocenters. The van der Waals surface area contributed by atoms with Crippen LogP contribution in [0.3, 0.4) is 0 Å². The molecule has 0 unspecified atom stereocenters. The third-order valence-electron chi connectivity index (χ3n) is 3.34. The van der Waals surface area contributed by atoms with E-state index in [1.807, 2.05) is 54.7 Å². The summed E-state index contributed by atoms with van der Waals surface area (Å²) in [7, 11) is 0. The van der Waals surface area contributed by atoms with Gasteiger partial charge in [-0.1, -0.05) is 29.8 Å². The summed E-state index contributed by atoms with van der Waals surface area (Å²) in [6.07, 6.45) is 1.82. The topological polar surface area (TPSA) is 41.6 Å². The van der Waals surface area contributed by atoms with Gasteiger partial charge in [0.1, 0.15) is 5.82 Å². The molecule has 1 N–H and O–H groups in total. The molecule has 3 nitrogen and oxygen atoms in total. The van der Waals surface area contributed by atoms with Gasteiger partial charge in [0.2, 0.25) is 0 Å². The van der Waals surface area contributed by atoms with Gasteiger partial charge >= 0.3 is 0 Å². The van der Waals surface area contributed by atoms with Gasteiger partial charge in [0.15, 0.2) is 0 Å². The van der Waals surface area contributed by atoms with Gasteiger partial charge in [-0.15, -0.1) is 0 Å². The molecule has 2 aromatic heterocycles. The lowest BCUT2D eigenvalue weighted by atomic mass is 10.2. The van der Waals surface area contributed by atoms with Gasteiger partial charge in [0, 0.05) is 16.0 Å². The van der Waals surface area contributed by atoms with E-state index < -0.39 is 0 Å². The average Bonchev–Trinajstić information content (AvgIpc) is 2.92. The van der Waals surface area contributed by atoms with E-state index in [9.17, 15) is 0 Å². The standard InChI is InChI=1S/C16H10ClN3/c17-11-7-5-10(6-8-11)16-19-14-9-18-13-4-2-1-3-12(13)15(14)20-16/h1-9H,(H,19,20). The van der Waals surface area contributed by atoms with Crippen LogP contribution < -0.4 is 0 Å². The van der Waals surface area contributed by atoms with E-state index in [1.165, 1.54) is 0 Å². The molecule has 0 radical (unpaired) electrons. The smallest absolute Gasteiger partial charge is 0.138 e. The van der Waals surface area contributed by atoms with Crippen molar-refractivity contribution in [3.63, 3.8) is 0 Å². The first-order chi connectivity index (χ1) is 9.81. The summed E-state index contributed by atoms with van der Waals surface area (Å²) in [5.41, 5.74) is 3.85. The molecule has 4 rings (SSSR count). The lowest BCUT2D eigenvalue weighted by Gasteiger charge is -1.96. The number of nitrogens with one attached hydrogen (secondary N) is 1. The first-order valence-corrected chi connectivity index (χ1v) is 6.68. The third-order valence-corrected chi connectivity index (χ3v) is 3.59. The number of rotatable bonds is 1. The predicted octanol–water partition coefficient (Wildman–Crippen LogP) is 4.43. The summed E-state index contributed by atoms with van der Waals surface area (Å²) >= 11 is 5.92. The molecule has 2 aromatic carbocycles. The van der Waals surface area contributed by atoms with Crippen molar-refractivity contribution >= 4 is 33.5 Å². The molecule has 0 saturated carbocycles. The Morgan fingerprint density at radius 2 is 1.75 bits per heavy atom. The van der Waals surface area contributed by atoms with Gasteiger partial charge in [0.05, 0.1) is 22.7 Å². The van der Waals surface area contributed by atoms with Crippen LogP contribution in [0.15, 0.2) is 54.7 Å². The van der Waals surface area contributed by atoms with E-state index in [0.29, 0.717) is 0 Å². The number of fused-ring (bicyclic) bond motifs is 3. The molecule has 0 saturated heterocycles. The third kappa shape index (κ3) is 1.75. The van der Waals surface area contributed by atoms with Crippen molar-refractivity contribution in [1.82, 2.24) is 15.0 Å². The van der Waals surface area contributed by atoms with Gasteiger partial charge in [-0.3, -0.25) is 4.98 Å². The van der Waals surface area contributed by atoms with E-state index in [0.717, 1.165) is 38.3 Å². The summed E-state index contributed by atoms with van der Waals surface area (Å²) in [4.78, 5) is 12.4. The van der Waals surface area contributed by atoms with Crippen molar-refractivity contribution in [2.45, 2.75) is 0 Å². The SMILES string of the molecule is Clc1ccc(-c2nc3c(cnc4ccccc43)[nH]2)cc1. The van der Waals surface area contributed by atoms with E-state index in [1.54, 1.807) is 0 Å². The molecule has 0 fully saturated rings. The number of nitrogens with zero attached hydrogens (tertiary/aromatic N) is 2. The van der Waals surface area contributed by atoms with Crippen LogP contribution in [0.1, 0.15) is 0 Å². The number of hydrogen-bond acceptors (Lipinski definition) is 2. The van der Waals surface area contributed by atoms with Gasteiger partial charge in [0.25, 0.3) is 0 Å². The Labute approximate surface area is 120 Å². The first kappa shape index (κ1) is 11.4. The van der Waals surface area contributed by atoms with Crippen LogP contribution in [-0.4, -0.2) is 15.0 Å². The highest BCUT2D eigenvalue weighted by atomic mass is 35.5. The van der Waals surface area contributed by atoms with Gasteiger partial charge in [-0.05, 0) is 30.3 Å². The molecule has 0 aliphatic carbocycles. The van der Waals surface area contributed by atoms with Crippen LogP contribution in [0.2, 0.25) is 5.02 Å². The molecule has 0 bridgehead atoms. The highest BCUT2D eigenvalue weighted by molar-refractivity contribution is 6.30. The number of para-hydroxylation sites is 1. The minimum absolute atomic E-state index is 0.719. The number of aromatic nitrogens is 3. The molecule has 96 valence electrons. The Bertz CT molecular complexity index is 910. The zero-order valence-electron chi connectivity index (χ0n) is 10.5. The number of hydrogen-bond donors (Lipinski definition) is 1. The van der Waals surface area contributed by atoms with Crippen molar-refractivity contribution in [3.05, 3.63) is 59.8 Å². The van der Waals surface area contributed by atoms with Crippen molar-refractivity contribution in [2.24, 2.45) is 0 Å². The summed E-state index contributed by atoms with van der Waals surface area (Å²) in [6.45, 7) is 0. The summed E-state index contributed by atoms with van der Waals surface area (Å²) in [5, 5.41) is 1.78. The molecular formula is C16H10ClN3. The van der Waals surface area contributed by atoms with Crippen LogP contribution in [0.5, 0.6) is 0 Å². The number of imidazole rings is 1. The molecule has 2 heterocycles. The molecule has 4 heteroatoms. The predicted molar refractivity (Wildman–Crippen MR) is 81.8 cm³/mol. The van der Waals surface area contributed by atoms with Gasteiger partial charge in [-0.25, -0.2) is 4.98 Å². The van der Waals surface area contributed by atoms with Crippen molar-refractivity contribution < 1.29 is 0 Å². The normalized spacial score (nSPS) is 11.2. The van der Waals surface area contributed by atoms with Gasteiger partial charge in [-0.2, -0.15) is 0 Å². The second-order valence-electron chi connectivity index (χ2n) is 4.63. The van der Waals surface area contributed by atoms with Crippen molar-refractivity contribution in [3.8, 4) is 11.4 Å². The number of benzene rings is 2. The first-order valence-electron chi connectivity index (χ1n) is 6.31. The molecule has 20 heavy (non-hydrogen) atoms.